The van der Waals surface area contributed by atoms with Crippen molar-refractivity contribution in [3.8, 4) is 0 Å². The van der Waals surface area contributed by atoms with Crippen LogP contribution in [0.3, 0.4) is 0 Å². The summed E-state index contributed by atoms with van der Waals surface area (Å²) in [6.45, 7) is 11.0. The molecule has 21 heavy (non-hydrogen) atoms. The quantitative estimate of drug-likeness (QED) is 0.794. The Morgan fingerprint density at radius 3 is 2.71 bits per heavy atom. The lowest BCUT2D eigenvalue weighted by Crippen LogP contribution is -2.67. The van der Waals surface area contributed by atoms with Crippen LogP contribution in [0.1, 0.15) is 33.6 Å². The molecule has 1 fully saturated rings. The molecule has 4 nitrogen and oxygen atoms in total. The molecule has 0 saturated carbocycles. The van der Waals surface area contributed by atoms with Gasteiger partial charge in [0.1, 0.15) is 10.7 Å². The number of aliphatic imine (C=N–C) groups is 1. The van der Waals surface area contributed by atoms with E-state index in [0.29, 0.717) is 30.7 Å². The van der Waals surface area contributed by atoms with Crippen molar-refractivity contribution in [2.24, 2.45) is 16.8 Å². The molecule has 2 heterocycles. The largest absolute Gasteiger partial charge is 0.376 e. The van der Waals surface area contributed by atoms with Crippen LogP contribution in [0.2, 0.25) is 0 Å². The van der Waals surface area contributed by atoms with E-state index in [9.17, 15) is 4.79 Å². The van der Waals surface area contributed by atoms with Gasteiger partial charge in [0.15, 0.2) is 0 Å². The molecule has 1 N–H and O–H groups in total. The zero-order valence-electron chi connectivity index (χ0n) is 12.9. The number of amides is 1. The molecule has 2 aliphatic heterocycles. The molecular formula is C16H23ClN2O2. The third kappa shape index (κ3) is 2.79. The van der Waals surface area contributed by atoms with Gasteiger partial charge >= 0.3 is 0 Å². The van der Waals surface area contributed by atoms with Gasteiger partial charge in [-0.2, -0.15) is 0 Å². The molecule has 2 atom stereocenters. The highest BCUT2D eigenvalue weighted by molar-refractivity contribution is 6.68. The molecule has 1 amide bonds. The van der Waals surface area contributed by atoms with Gasteiger partial charge in [0.2, 0.25) is 5.91 Å². The summed E-state index contributed by atoms with van der Waals surface area (Å²) in [4.78, 5) is 16.9. The van der Waals surface area contributed by atoms with Gasteiger partial charge in [-0.3, -0.25) is 4.79 Å². The molecule has 0 aliphatic carbocycles. The second kappa shape index (κ2) is 6.32. The highest BCUT2D eigenvalue weighted by Crippen LogP contribution is 2.42. The maximum Gasteiger partial charge on any atom is 0.229 e. The van der Waals surface area contributed by atoms with Crippen molar-refractivity contribution >= 4 is 22.7 Å². The second-order valence-electron chi connectivity index (χ2n) is 5.77. The van der Waals surface area contributed by atoms with Crippen molar-refractivity contribution in [3.05, 3.63) is 23.9 Å². The van der Waals surface area contributed by atoms with Gasteiger partial charge in [0, 0.05) is 0 Å². The van der Waals surface area contributed by atoms with E-state index in [1.165, 1.54) is 11.6 Å². The molecule has 0 aromatic heterocycles. The Labute approximate surface area is 131 Å². The van der Waals surface area contributed by atoms with E-state index in [4.69, 9.17) is 16.3 Å². The number of nitrogens with one attached hydrogen (secondary N) is 1. The minimum absolute atomic E-state index is 0.0140. The molecule has 2 unspecified atom stereocenters. The minimum Gasteiger partial charge on any atom is -0.376 e. The fraction of sp³-hybridized carbons (Fsp3) is 0.625. The summed E-state index contributed by atoms with van der Waals surface area (Å²) in [6.07, 6.45) is 3.18. The van der Waals surface area contributed by atoms with Crippen molar-refractivity contribution in [1.82, 2.24) is 5.32 Å². The first kappa shape index (κ1) is 16.2. The molecule has 0 aromatic rings. The number of ether oxygens (including phenoxy) is 1. The zero-order chi connectivity index (χ0) is 15.6. The van der Waals surface area contributed by atoms with E-state index >= 15 is 0 Å². The Morgan fingerprint density at radius 2 is 2.29 bits per heavy atom. The van der Waals surface area contributed by atoms with Gasteiger partial charge in [-0.25, -0.2) is 4.99 Å². The Morgan fingerprint density at radius 1 is 1.62 bits per heavy atom. The standard InChI is InChI=1S/C16H23ClN2O2/c1-5-10(4)13-14(18-12(17)7-3)11(6-2)15(20)19-16(13)8-21-9-16/h7,10-11H,3,5-6,8-9H2,1-2,4H3,(H,19,20). The Hall–Kier alpha value is -1.13. The van der Waals surface area contributed by atoms with Crippen LogP contribution in [-0.4, -0.2) is 29.8 Å². The zero-order valence-corrected chi connectivity index (χ0v) is 13.7. The number of rotatable bonds is 5. The summed E-state index contributed by atoms with van der Waals surface area (Å²) in [5.74, 6) is 0.0747. The summed E-state index contributed by atoms with van der Waals surface area (Å²) in [5, 5.41) is 3.48. The number of allylic oxidation sites excluding steroid dienone is 1. The van der Waals surface area contributed by atoms with Crippen LogP contribution in [0.5, 0.6) is 0 Å². The lowest BCUT2D eigenvalue weighted by Gasteiger charge is -2.50. The molecule has 2 aliphatic rings. The maximum atomic E-state index is 12.4. The average Bonchev–Trinajstić information content (AvgIpc) is 2.44. The first-order valence-corrected chi connectivity index (χ1v) is 7.87. The molecule has 0 bridgehead atoms. The highest BCUT2D eigenvalue weighted by atomic mass is 35.5. The molecule has 5 heteroatoms. The number of halogens is 1. The monoisotopic (exact) mass is 310 g/mol. The molecule has 1 saturated heterocycles. The maximum absolute atomic E-state index is 12.4. The molecule has 0 radical (unpaired) electrons. The van der Waals surface area contributed by atoms with Gasteiger partial charge in [0.25, 0.3) is 0 Å². The van der Waals surface area contributed by atoms with Gasteiger partial charge in [-0.1, -0.05) is 39.0 Å². The summed E-state index contributed by atoms with van der Waals surface area (Å²) in [6, 6.07) is 0. The van der Waals surface area contributed by atoms with Gasteiger partial charge in [-0.15, -0.1) is 0 Å². The van der Waals surface area contributed by atoms with Crippen LogP contribution >= 0.6 is 11.6 Å². The first-order valence-electron chi connectivity index (χ1n) is 7.50. The van der Waals surface area contributed by atoms with E-state index in [2.05, 4.69) is 30.7 Å². The number of hydrogen-bond donors (Lipinski definition) is 1. The molecular weight excluding hydrogens is 288 g/mol. The van der Waals surface area contributed by atoms with E-state index in [-0.39, 0.29) is 11.8 Å². The number of carbonyl (C=O) groups is 1. The second-order valence-corrected chi connectivity index (χ2v) is 6.16. The fourth-order valence-corrected chi connectivity index (χ4v) is 3.18. The van der Waals surface area contributed by atoms with E-state index < -0.39 is 5.54 Å². The average molecular weight is 311 g/mol. The Bertz CT molecular complexity index is 506. The normalized spacial score (nSPS) is 26.4. The fourth-order valence-electron chi connectivity index (χ4n) is 3.09. The van der Waals surface area contributed by atoms with Gasteiger partial charge in [-0.05, 0) is 30.4 Å². The van der Waals surface area contributed by atoms with Crippen molar-refractivity contribution < 1.29 is 9.53 Å². The van der Waals surface area contributed by atoms with Crippen molar-refractivity contribution in [2.45, 2.75) is 39.2 Å². The predicted octanol–water partition coefficient (Wildman–Crippen LogP) is 3.03. The smallest absolute Gasteiger partial charge is 0.229 e. The lowest BCUT2D eigenvalue weighted by molar-refractivity contribution is -0.135. The minimum atomic E-state index is -0.393. The third-order valence-electron chi connectivity index (χ3n) is 4.41. The number of hydrogen-bond acceptors (Lipinski definition) is 3. The van der Waals surface area contributed by atoms with Crippen LogP contribution in [-0.2, 0) is 9.53 Å². The van der Waals surface area contributed by atoms with Crippen LogP contribution in [0.15, 0.2) is 28.9 Å². The number of carbonyl (C=O) groups excluding carboxylic acids is 1. The summed E-state index contributed by atoms with van der Waals surface area (Å²) < 4.78 is 5.39. The summed E-state index contributed by atoms with van der Waals surface area (Å²) in [5.41, 5.74) is 1.58. The Balaban J connectivity index is 2.62. The predicted molar refractivity (Wildman–Crippen MR) is 85.4 cm³/mol. The van der Waals surface area contributed by atoms with Gasteiger partial charge in [0.05, 0.1) is 24.8 Å². The van der Waals surface area contributed by atoms with Gasteiger partial charge < -0.3 is 10.1 Å². The highest BCUT2D eigenvalue weighted by Gasteiger charge is 2.51. The van der Waals surface area contributed by atoms with Crippen LogP contribution in [0.25, 0.3) is 0 Å². The first-order chi connectivity index (χ1) is 9.99. The molecule has 2 rings (SSSR count). The SMILES string of the molecule is C=CC(Cl)=NC1=C(C(C)CC)C2(COC2)NC(=O)C1CC. The molecule has 1 spiro atoms. The van der Waals surface area contributed by atoms with Crippen molar-refractivity contribution in [2.75, 3.05) is 13.2 Å². The molecule has 0 aromatic carbocycles. The van der Waals surface area contributed by atoms with E-state index in [1.807, 2.05) is 6.92 Å². The van der Waals surface area contributed by atoms with Crippen LogP contribution in [0.4, 0.5) is 0 Å². The van der Waals surface area contributed by atoms with E-state index in [1.54, 1.807) is 0 Å². The van der Waals surface area contributed by atoms with E-state index in [0.717, 1.165) is 12.1 Å². The van der Waals surface area contributed by atoms with Crippen molar-refractivity contribution in [1.29, 1.82) is 0 Å². The van der Waals surface area contributed by atoms with Crippen molar-refractivity contribution in [3.63, 3.8) is 0 Å². The Kier molecular flexibility index (Phi) is 4.89. The lowest BCUT2D eigenvalue weighted by atomic mass is 9.72. The third-order valence-corrected chi connectivity index (χ3v) is 4.65. The summed E-state index contributed by atoms with van der Waals surface area (Å²) in [7, 11) is 0. The van der Waals surface area contributed by atoms with Crippen LogP contribution < -0.4 is 5.32 Å². The topological polar surface area (TPSA) is 50.7 Å². The molecule has 116 valence electrons. The van der Waals surface area contributed by atoms with Crippen LogP contribution in [0, 0.1) is 11.8 Å². The summed E-state index contributed by atoms with van der Waals surface area (Å²) >= 11 is 6.07. The number of nitrogens with zero attached hydrogens (tertiary/aromatic N) is 1.